The lowest BCUT2D eigenvalue weighted by Gasteiger charge is -1.99. The molecule has 0 saturated heterocycles. The van der Waals surface area contributed by atoms with Gasteiger partial charge >= 0.3 is 0 Å². The summed E-state index contributed by atoms with van der Waals surface area (Å²) in [4.78, 5) is 24.6. The molecule has 0 amide bonds. The number of carbonyl (C=O) groups is 1. The fourth-order valence-electron chi connectivity index (χ4n) is 1.99. The number of carbonyl (C=O) groups excluding carboxylic acids is 1. The van der Waals surface area contributed by atoms with Gasteiger partial charge in [0, 0.05) is 11.6 Å². The zero-order valence-electron chi connectivity index (χ0n) is 12.2. The summed E-state index contributed by atoms with van der Waals surface area (Å²) in [6, 6.07) is 13.8. The fraction of sp³-hybridized carbons (Fsp3) is 0.111. The minimum atomic E-state index is -0.347. The van der Waals surface area contributed by atoms with Gasteiger partial charge in [-0.2, -0.15) is 0 Å². The van der Waals surface area contributed by atoms with Crippen LogP contribution in [0.5, 0.6) is 0 Å². The number of hydrogen-bond acceptors (Lipinski definition) is 3. The van der Waals surface area contributed by atoms with Crippen LogP contribution >= 0.6 is 11.6 Å². The highest BCUT2D eigenvalue weighted by Gasteiger charge is 2.09. The maximum absolute atomic E-state index is 12.3. The molecule has 0 spiro atoms. The molecule has 3 nitrogen and oxygen atoms in total. The number of nitrogens with one attached hydrogen (secondary N) is 1. The number of ketones is 1. The average molecular weight is 314 g/mol. The van der Waals surface area contributed by atoms with Crippen LogP contribution in [0.25, 0.3) is 6.08 Å². The molecule has 0 fully saturated rings. The van der Waals surface area contributed by atoms with Gasteiger partial charge in [-0.3, -0.25) is 9.59 Å². The van der Waals surface area contributed by atoms with Gasteiger partial charge < -0.3 is 5.32 Å². The van der Waals surface area contributed by atoms with Crippen molar-refractivity contribution in [3.8, 4) is 0 Å². The Morgan fingerprint density at radius 3 is 2.55 bits per heavy atom. The van der Waals surface area contributed by atoms with Crippen molar-refractivity contribution in [3.05, 3.63) is 81.0 Å². The molecule has 0 saturated carbocycles. The Kier molecular flexibility index (Phi) is 5.50. The zero-order chi connectivity index (χ0) is 15.9. The normalized spacial score (nSPS) is 10.6. The molecule has 0 aliphatic heterocycles. The van der Waals surface area contributed by atoms with E-state index in [4.69, 9.17) is 11.6 Å². The molecule has 0 heterocycles. The molecule has 22 heavy (non-hydrogen) atoms. The first-order chi connectivity index (χ1) is 10.6. The Labute approximate surface area is 134 Å². The van der Waals surface area contributed by atoms with Gasteiger partial charge in [-0.05, 0) is 42.8 Å². The van der Waals surface area contributed by atoms with Gasteiger partial charge in [0.2, 0.25) is 5.43 Å². The van der Waals surface area contributed by atoms with Crippen LogP contribution in [0.1, 0.15) is 22.8 Å². The Balaban J connectivity index is 2.35. The van der Waals surface area contributed by atoms with E-state index in [0.717, 1.165) is 5.56 Å². The lowest BCUT2D eigenvalue weighted by molar-refractivity contribution is 0.104. The molecular weight excluding hydrogens is 298 g/mol. The van der Waals surface area contributed by atoms with Crippen LogP contribution in [0.2, 0.25) is 5.02 Å². The lowest BCUT2D eigenvalue weighted by atomic mass is 10.1. The summed E-state index contributed by atoms with van der Waals surface area (Å²) >= 11 is 6.04. The Morgan fingerprint density at radius 2 is 1.82 bits per heavy atom. The summed E-state index contributed by atoms with van der Waals surface area (Å²) in [5.74, 6) is -0.347. The van der Waals surface area contributed by atoms with E-state index in [1.54, 1.807) is 36.4 Å². The molecule has 0 aliphatic rings. The van der Waals surface area contributed by atoms with E-state index in [0.29, 0.717) is 17.3 Å². The van der Waals surface area contributed by atoms with Crippen molar-refractivity contribution in [2.24, 2.45) is 0 Å². The molecule has 2 aromatic rings. The minimum absolute atomic E-state index is 0.129. The summed E-state index contributed by atoms with van der Waals surface area (Å²) < 4.78 is 0. The van der Waals surface area contributed by atoms with Crippen molar-refractivity contribution in [1.82, 2.24) is 0 Å². The zero-order valence-corrected chi connectivity index (χ0v) is 12.9. The number of halogens is 1. The van der Waals surface area contributed by atoms with Crippen molar-refractivity contribution in [2.75, 3.05) is 11.9 Å². The van der Waals surface area contributed by atoms with Crippen molar-refractivity contribution in [3.63, 3.8) is 0 Å². The second kappa shape index (κ2) is 7.57. The van der Waals surface area contributed by atoms with Crippen LogP contribution < -0.4 is 10.7 Å². The molecule has 1 N–H and O–H groups in total. The quantitative estimate of drug-likeness (QED) is 0.669. The van der Waals surface area contributed by atoms with Gasteiger partial charge in [-0.25, -0.2) is 0 Å². The van der Waals surface area contributed by atoms with Gasteiger partial charge in [-0.15, -0.1) is 0 Å². The third-order valence-corrected chi connectivity index (χ3v) is 3.42. The molecule has 4 heteroatoms. The lowest BCUT2D eigenvalue weighted by Crippen LogP contribution is -2.15. The number of hydrogen-bond donors (Lipinski definition) is 1. The van der Waals surface area contributed by atoms with Gasteiger partial charge in [0.15, 0.2) is 5.78 Å². The van der Waals surface area contributed by atoms with Crippen LogP contribution in [-0.4, -0.2) is 12.3 Å². The second-order valence-electron chi connectivity index (χ2n) is 4.62. The first-order valence-electron chi connectivity index (χ1n) is 6.97. The number of allylic oxidation sites excluding steroid dienone is 1. The number of anilines is 1. The first-order valence-corrected chi connectivity index (χ1v) is 7.35. The predicted molar refractivity (Wildman–Crippen MR) is 91.7 cm³/mol. The summed E-state index contributed by atoms with van der Waals surface area (Å²) in [5.41, 5.74) is 0.976. The third kappa shape index (κ3) is 3.83. The molecule has 112 valence electrons. The van der Waals surface area contributed by atoms with E-state index < -0.39 is 0 Å². The van der Waals surface area contributed by atoms with Gasteiger partial charge in [0.05, 0.1) is 11.3 Å². The maximum Gasteiger partial charge on any atom is 0.212 e. The Morgan fingerprint density at radius 1 is 1.14 bits per heavy atom. The van der Waals surface area contributed by atoms with Crippen molar-refractivity contribution < 1.29 is 4.79 Å². The molecule has 0 atom stereocenters. The molecule has 2 aromatic carbocycles. The second-order valence-corrected chi connectivity index (χ2v) is 5.03. The van der Waals surface area contributed by atoms with Gasteiger partial charge in [-0.1, -0.05) is 41.9 Å². The maximum atomic E-state index is 12.3. The Hall–Kier alpha value is -2.39. The van der Waals surface area contributed by atoms with E-state index >= 15 is 0 Å². The standard InChI is InChI=1S/C18H16ClNO2/c1-2-20-16-10-6-4-8-14(18(16)22)17(21)12-11-13-7-3-5-9-15(13)19/h3-12H,2H2,1H3,(H,20,22)/b12-11+. The Bertz CT molecular complexity index is 769. The van der Waals surface area contributed by atoms with Crippen molar-refractivity contribution in [2.45, 2.75) is 6.92 Å². The molecule has 2 rings (SSSR count). The summed E-state index contributed by atoms with van der Waals surface area (Å²) in [7, 11) is 0. The highest BCUT2D eigenvalue weighted by molar-refractivity contribution is 6.32. The van der Waals surface area contributed by atoms with E-state index in [1.807, 2.05) is 19.1 Å². The summed E-state index contributed by atoms with van der Waals surface area (Å²) in [5, 5.41) is 3.52. The summed E-state index contributed by atoms with van der Waals surface area (Å²) in [6.07, 6.45) is 2.98. The molecule has 0 aromatic heterocycles. The van der Waals surface area contributed by atoms with E-state index in [2.05, 4.69) is 5.32 Å². The SMILES string of the molecule is CCNc1ccccc(C(=O)/C=C/c2ccccc2Cl)c1=O. The topological polar surface area (TPSA) is 46.2 Å². The fourth-order valence-corrected chi connectivity index (χ4v) is 2.19. The van der Waals surface area contributed by atoms with Crippen molar-refractivity contribution in [1.29, 1.82) is 0 Å². The third-order valence-electron chi connectivity index (χ3n) is 3.08. The largest absolute Gasteiger partial charge is 0.382 e. The molecule has 0 aliphatic carbocycles. The van der Waals surface area contributed by atoms with Crippen LogP contribution in [-0.2, 0) is 0 Å². The van der Waals surface area contributed by atoms with Crippen LogP contribution in [0.3, 0.4) is 0 Å². The van der Waals surface area contributed by atoms with E-state index in [9.17, 15) is 9.59 Å². The highest BCUT2D eigenvalue weighted by atomic mass is 35.5. The van der Waals surface area contributed by atoms with Crippen LogP contribution in [0.4, 0.5) is 5.69 Å². The van der Waals surface area contributed by atoms with Gasteiger partial charge in [0.25, 0.3) is 0 Å². The molecule has 0 bridgehead atoms. The van der Waals surface area contributed by atoms with Crippen LogP contribution in [0, 0.1) is 0 Å². The number of rotatable bonds is 5. The molecule has 0 radical (unpaired) electrons. The predicted octanol–water partition coefficient (Wildman–Crippen LogP) is 4.03. The van der Waals surface area contributed by atoms with Crippen molar-refractivity contribution >= 4 is 29.1 Å². The minimum Gasteiger partial charge on any atom is -0.382 e. The van der Waals surface area contributed by atoms with Crippen LogP contribution in [0.15, 0.2) is 59.4 Å². The molecule has 0 unspecified atom stereocenters. The van der Waals surface area contributed by atoms with E-state index in [-0.39, 0.29) is 16.8 Å². The molecular formula is C18H16ClNO2. The highest BCUT2D eigenvalue weighted by Crippen LogP contribution is 2.16. The van der Waals surface area contributed by atoms with Gasteiger partial charge in [0.1, 0.15) is 0 Å². The monoisotopic (exact) mass is 313 g/mol. The van der Waals surface area contributed by atoms with E-state index in [1.165, 1.54) is 12.1 Å². The first kappa shape index (κ1) is 16.0. The number of benzene rings is 1. The summed E-state index contributed by atoms with van der Waals surface area (Å²) in [6.45, 7) is 2.51. The average Bonchev–Trinajstić information content (AvgIpc) is 2.69. The smallest absolute Gasteiger partial charge is 0.212 e.